The Balaban J connectivity index is 2.36. The maximum absolute atomic E-state index is 10.9. The summed E-state index contributed by atoms with van der Waals surface area (Å²) in [5.74, 6) is -0.737. The molecule has 0 unspecified atom stereocenters. The monoisotopic (exact) mass is 203 g/mol. The van der Waals surface area contributed by atoms with Crippen LogP contribution in [0, 0.1) is 11.3 Å². The second kappa shape index (κ2) is 3.62. The summed E-state index contributed by atoms with van der Waals surface area (Å²) in [5.41, 5.74) is 0.525. The van der Waals surface area contributed by atoms with Crippen molar-refractivity contribution in [1.29, 1.82) is 5.26 Å². The molecule has 0 spiro atoms. The van der Waals surface area contributed by atoms with Gasteiger partial charge >= 0.3 is 5.97 Å². The molecule has 2 rings (SSSR count). The number of benzene rings is 1. The Hall–Kier alpha value is -2.02. The van der Waals surface area contributed by atoms with E-state index in [2.05, 4.69) is 0 Å². The highest BCUT2D eigenvalue weighted by atomic mass is 16.5. The van der Waals surface area contributed by atoms with Gasteiger partial charge in [-0.05, 0) is 31.0 Å². The van der Waals surface area contributed by atoms with Gasteiger partial charge in [-0.25, -0.2) is 4.79 Å². The van der Waals surface area contributed by atoms with Crippen molar-refractivity contribution in [3.8, 4) is 11.8 Å². The minimum Gasteiger partial charge on any atom is -0.489 e. The zero-order valence-electron chi connectivity index (χ0n) is 7.93. The maximum atomic E-state index is 10.9. The van der Waals surface area contributed by atoms with E-state index in [0.29, 0.717) is 11.3 Å². The number of nitrogens with zero attached hydrogens (tertiary/aromatic N) is 1. The smallest absolute Gasteiger partial charge is 0.339 e. The van der Waals surface area contributed by atoms with Crippen LogP contribution in [0.1, 0.15) is 28.8 Å². The molecule has 4 nitrogen and oxygen atoms in total. The molecule has 1 aliphatic carbocycles. The number of hydrogen-bond acceptors (Lipinski definition) is 3. The van der Waals surface area contributed by atoms with Crippen molar-refractivity contribution in [2.24, 2.45) is 0 Å². The van der Waals surface area contributed by atoms with Crippen molar-refractivity contribution in [1.82, 2.24) is 0 Å². The lowest BCUT2D eigenvalue weighted by Crippen LogP contribution is -2.04. The molecule has 0 heterocycles. The number of aromatic carboxylic acids is 1. The summed E-state index contributed by atoms with van der Waals surface area (Å²) >= 11 is 0. The Morgan fingerprint density at radius 1 is 1.53 bits per heavy atom. The van der Waals surface area contributed by atoms with Gasteiger partial charge in [0.05, 0.1) is 17.7 Å². The van der Waals surface area contributed by atoms with E-state index in [-0.39, 0.29) is 11.7 Å². The molecule has 1 aliphatic rings. The molecule has 0 aliphatic heterocycles. The average Bonchev–Trinajstić information content (AvgIpc) is 3.01. The summed E-state index contributed by atoms with van der Waals surface area (Å²) in [5, 5.41) is 17.6. The highest BCUT2D eigenvalue weighted by Crippen LogP contribution is 2.29. The number of hydrogen-bond donors (Lipinski definition) is 1. The summed E-state index contributed by atoms with van der Waals surface area (Å²) in [7, 11) is 0. The third-order valence-corrected chi connectivity index (χ3v) is 2.16. The molecule has 1 aromatic rings. The predicted octanol–water partition coefficient (Wildman–Crippen LogP) is 1.80. The Morgan fingerprint density at radius 2 is 2.27 bits per heavy atom. The standard InChI is InChI=1S/C11H9NO3/c12-6-7-1-4-9(11(13)14)10(5-7)15-8-2-3-8/h1,4-5,8H,2-3H2,(H,13,14). The third-order valence-electron chi connectivity index (χ3n) is 2.16. The van der Waals surface area contributed by atoms with E-state index in [1.54, 1.807) is 0 Å². The van der Waals surface area contributed by atoms with Gasteiger partial charge in [0.1, 0.15) is 11.3 Å². The summed E-state index contributed by atoms with van der Waals surface area (Å²) in [6, 6.07) is 6.30. The van der Waals surface area contributed by atoms with Crippen molar-refractivity contribution >= 4 is 5.97 Å². The molecule has 0 saturated heterocycles. The summed E-state index contributed by atoms with van der Waals surface area (Å²) in [6.45, 7) is 0. The summed E-state index contributed by atoms with van der Waals surface area (Å²) in [6.07, 6.45) is 2.03. The first-order valence-corrected chi connectivity index (χ1v) is 4.65. The van der Waals surface area contributed by atoms with E-state index in [1.807, 2.05) is 6.07 Å². The number of carboxylic acids is 1. The van der Waals surface area contributed by atoms with Gasteiger partial charge in [-0.1, -0.05) is 0 Å². The van der Waals surface area contributed by atoms with Gasteiger partial charge in [0.15, 0.2) is 0 Å². The summed E-state index contributed by atoms with van der Waals surface area (Å²) < 4.78 is 5.43. The Kier molecular flexibility index (Phi) is 2.30. The maximum Gasteiger partial charge on any atom is 0.339 e. The number of ether oxygens (including phenoxy) is 1. The van der Waals surface area contributed by atoms with Crippen LogP contribution < -0.4 is 4.74 Å². The summed E-state index contributed by atoms with van der Waals surface area (Å²) in [4.78, 5) is 10.9. The van der Waals surface area contributed by atoms with E-state index in [4.69, 9.17) is 15.1 Å². The highest BCUT2D eigenvalue weighted by Gasteiger charge is 2.25. The second-order valence-electron chi connectivity index (χ2n) is 3.45. The van der Waals surface area contributed by atoms with Gasteiger partial charge in [-0.2, -0.15) is 5.26 Å². The molecule has 4 heteroatoms. The van der Waals surface area contributed by atoms with E-state index >= 15 is 0 Å². The minimum absolute atomic E-state index is 0.112. The van der Waals surface area contributed by atoms with Crippen LogP contribution in [0.5, 0.6) is 5.75 Å². The number of nitriles is 1. The predicted molar refractivity (Wildman–Crippen MR) is 51.8 cm³/mol. The van der Waals surface area contributed by atoms with Gasteiger partial charge in [0, 0.05) is 0 Å². The van der Waals surface area contributed by atoms with Crippen LogP contribution in [0.2, 0.25) is 0 Å². The molecular weight excluding hydrogens is 194 g/mol. The number of rotatable bonds is 3. The normalized spacial score (nSPS) is 14.3. The third kappa shape index (κ3) is 2.08. The molecule has 0 atom stereocenters. The van der Waals surface area contributed by atoms with Crippen molar-refractivity contribution in [3.05, 3.63) is 29.3 Å². The van der Waals surface area contributed by atoms with E-state index < -0.39 is 5.97 Å². The molecule has 0 radical (unpaired) electrons. The second-order valence-corrected chi connectivity index (χ2v) is 3.45. The largest absolute Gasteiger partial charge is 0.489 e. The van der Waals surface area contributed by atoms with Crippen LogP contribution >= 0.6 is 0 Å². The first-order valence-electron chi connectivity index (χ1n) is 4.65. The SMILES string of the molecule is N#Cc1ccc(C(=O)O)c(OC2CC2)c1. The zero-order chi connectivity index (χ0) is 10.8. The van der Waals surface area contributed by atoms with E-state index in [1.165, 1.54) is 18.2 Å². The Labute approximate surface area is 86.7 Å². The molecule has 15 heavy (non-hydrogen) atoms. The van der Waals surface area contributed by atoms with E-state index in [9.17, 15) is 4.79 Å². The molecule has 0 bridgehead atoms. The lowest BCUT2D eigenvalue weighted by atomic mass is 10.1. The topological polar surface area (TPSA) is 70.3 Å². The van der Waals surface area contributed by atoms with Gasteiger partial charge in [-0.15, -0.1) is 0 Å². The highest BCUT2D eigenvalue weighted by molar-refractivity contribution is 5.91. The molecule has 1 N–H and O–H groups in total. The fourth-order valence-corrected chi connectivity index (χ4v) is 1.23. The number of carboxylic acid groups (broad SMARTS) is 1. The van der Waals surface area contributed by atoms with Gasteiger partial charge in [-0.3, -0.25) is 0 Å². The lowest BCUT2D eigenvalue weighted by molar-refractivity contribution is 0.0692. The molecule has 76 valence electrons. The molecule has 1 saturated carbocycles. The molecule has 1 fully saturated rings. The van der Waals surface area contributed by atoms with Crippen molar-refractivity contribution < 1.29 is 14.6 Å². The average molecular weight is 203 g/mol. The Bertz CT molecular complexity index is 444. The lowest BCUT2D eigenvalue weighted by Gasteiger charge is -2.07. The van der Waals surface area contributed by atoms with Crippen molar-refractivity contribution in [2.75, 3.05) is 0 Å². The molecule has 1 aromatic carbocycles. The molecular formula is C11H9NO3. The molecule has 0 amide bonds. The quantitative estimate of drug-likeness (QED) is 0.813. The minimum atomic E-state index is -1.03. The van der Waals surface area contributed by atoms with Crippen molar-refractivity contribution in [3.63, 3.8) is 0 Å². The van der Waals surface area contributed by atoms with Crippen LogP contribution in [0.3, 0.4) is 0 Å². The fraction of sp³-hybridized carbons (Fsp3) is 0.273. The number of carbonyl (C=O) groups is 1. The van der Waals surface area contributed by atoms with Crippen molar-refractivity contribution in [2.45, 2.75) is 18.9 Å². The van der Waals surface area contributed by atoms with Crippen LogP contribution in [-0.4, -0.2) is 17.2 Å². The van der Waals surface area contributed by atoms with Gasteiger partial charge in [0.2, 0.25) is 0 Å². The fourth-order valence-electron chi connectivity index (χ4n) is 1.23. The van der Waals surface area contributed by atoms with E-state index in [0.717, 1.165) is 12.8 Å². The van der Waals surface area contributed by atoms with Crippen LogP contribution in [-0.2, 0) is 0 Å². The zero-order valence-corrected chi connectivity index (χ0v) is 7.93. The van der Waals surface area contributed by atoms with Crippen LogP contribution in [0.25, 0.3) is 0 Å². The molecule has 0 aromatic heterocycles. The Morgan fingerprint density at radius 3 is 2.80 bits per heavy atom. The first kappa shape index (κ1) is 9.53. The van der Waals surface area contributed by atoms with Crippen LogP contribution in [0.15, 0.2) is 18.2 Å². The van der Waals surface area contributed by atoms with Crippen LogP contribution in [0.4, 0.5) is 0 Å². The first-order chi connectivity index (χ1) is 7.20. The van der Waals surface area contributed by atoms with Gasteiger partial charge in [0.25, 0.3) is 0 Å². The van der Waals surface area contributed by atoms with Gasteiger partial charge < -0.3 is 9.84 Å².